The Morgan fingerprint density at radius 1 is 1.13 bits per heavy atom. The number of carbonyl (C=O) groups excluding carboxylic acids is 2. The van der Waals surface area contributed by atoms with Gasteiger partial charge >= 0.3 is 0 Å². The van der Waals surface area contributed by atoms with Crippen molar-refractivity contribution in [3.8, 4) is 0 Å². The van der Waals surface area contributed by atoms with Crippen molar-refractivity contribution in [1.82, 2.24) is 15.2 Å². The number of hydrogen-bond acceptors (Lipinski definition) is 5. The first-order valence-corrected chi connectivity index (χ1v) is 11.3. The smallest absolute Gasteiger partial charge is 0.240 e. The number of hydrogen-bond donors (Lipinski definition) is 1. The maximum absolute atomic E-state index is 12.8. The Balaban J connectivity index is 1.25. The van der Waals surface area contributed by atoms with Crippen LogP contribution in [0.1, 0.15) is 44.1 Å². The van der Waals surface area contributed by atoms with Crippen molar-refractivity contribution in [1.29, 1.82) is 0 Å². The number of piperidine rings is 1. The lowest BCUT2D eigenvalue weighted by molar-refractivity contribution is -0.133. The van der Waals surface area contributed by atoms with Gasteiger partial charge in [0.15, 0.2) is 0 Å². The van der Waals surface area contributed by atoms with Crippen LogP contribution in [0.2, 0.25) is 0 Å². The van der Waals surface area contributed by atoms with E-state index in [0.29, 0.717) is 31.7 Å². The average Bonchev–Trinajstić information content (AvgIpc) is 2.79. The molecule has 4 rings (SSSR count). The summed E-state index contributed by atoms with van der Waals surface area (Å²) in [5.74, 6) is 0.185. The van der Waals surface area contributed by atoms with E-state index in [1.54, 1.807) is 0 Å². The van der Waals surface area contributed by atoms with E-state index in [9.17, 15) is 9.59 Å². The second-order valence-electron chi connectivity index (χ2n) is 8.66. The molecule has 0 aliphatic carbocycles. The largest absolute Gasteiger partial charge is 0.369 e. The van der Waals surface area contributed by atoms with Crippen molar-refractivity contribution in [2.75, 3.05) is 44.2 Å². The predicted molar refractivity (Wildman–Crippen MR) is 119 cm³/mol. The third kappa shape index (κ3) is 5.01. The first-order chi connectivity index (χ1) is 14.6. The van der Waals surface area contributed by atoms with E-state index in [0.717, 1.165) is 51.4 Å². The third-order valence-electron chi connectivity index (χ3n) is 6.64. The fourth-order valence-electron chi connectivity index (χ4n) is 4.83. The number of aryl methyl sites for hydroxylation is 1. The maximum atomic E-state index is 12.8. The summed E-state index contributed by atoms with van der Waals surface area (Å²) in [5, 5.41) is 4.09. The van der Waals surface area contributed by atoms with E-state index >= 15 is 0 Å². The van der Waals surface area contributed by atoms with E-state index in [1.807, 2.05) is 4.90 Å². The zero-order valence-corrected chi connectivity index (χ0v) is 18.0. The Bertz CT molecular complexity index is 801. The van der Waals surface area contributed by atoms with Crippen LogP contribution in [0.3, 0.4) is 0 Å². The molecule has 3 aliphatic heterocycles. The Hall–Kier alpha value is -2.41. The molecule has 1 aromatic rings. The summed E-state index contributed by atoms with van der Waals surface area (Å²) in [7, 11) is 0. The Morgan fingerprint density at radius 2 is 1.93 bits per heavy atom. The fourth-order valence-corrected chi connectivity index (χ4v) is 4.83. The van der Waals surface area contributed by atoms with Gasteiger partial charge in [-0.3, -0.25) is 14.5 Å². The minimum absolute atomic E-state index is 0.0357. The molecule has 1 aromatic carbocycles. The monoisotopic (exact) mass is 411 g/mol. The van der Waals surface area contributed by atoms with Gasteiger partial charge in [-0.05, 0) is 44.2 Å². The van der Waals surface area contributed by atoms with Crippen molar-refractivity contribution in [2.24, 2.45) is 5.10 Å². The standard InChI is InChI=1S/C23H33N5O2/c1-18-5-2-3-7-21(18)27-15-13-26(14-16-27)20-6-4-12-28(17-20)23(30)11-9-19-8-10-22(29)25-24-19/h2-3,5,7,20H,4,6,8-17H2,1H3,(H,25,29). The quantitative estimate of drug-likeness (QED) is 0.806. The van der Waals surface area contributed by atoms with Crippen LogP contribution >= 0.6 is 0 Å². The van der Waals surface area contributed by atoms with Gasteiger partial charge in [0, 0.05) is 69.6 Å². The van der Waals surface area contributed by atoms with E-state index < -0.39 is 0 Å². The van der Waals surface area contributed by atoms with Crippen LogP contribution in [0, 0.1) is 6.92 Å². The van der Waals surface area contributed by atoms with E-state index in [4.69, 9.17) is 0 Å². The number of amides is 2. The number of rotatable bonds is 5. The first kappa shape index (κ1) is 20.8. The van der Waals surface area contributed by atoms with Crippen LogP contribution in [-0.4, -0.2) is 72.6 Å². The lowest BCUT2D eigenvalue weighted by Crippen LogP contribution is -2.56. The molecule has 1 N–H and O–H groups in total. The SMILES string of the molecule is Cc1ccccc1N1CCN(C2CCCN(C(=O)CCC3=NNC(=O)CC3)C2)CC1. The van der Waals surface area contributed by atoms with Gasteiger partial charge in [0.25, 0.3) is 0 Å². The molecule has 1 atom stereocenters. The lowest BCUT2D eigenvalue weighted by Gasteiger charge is -2.44. The summed E-state index contributed by atoms with van der Waals surface area (Å²) in [6.45, 7) is 8.07. The molecule has 3 aliphatic rings. The molecule has 3 heterocycles. The zero-order chi connectivity index (χ0) is 20.9. The van der Waals surface area contributed by atoms with Gasteiger partial charge in [0.1, 0.15) is 0 Å². The summed E-state index contributed by atoms with van der Waals surface area (Å²) in [6, 6.07) is 9.08. The molecule has 0 aromatic heterocycles. The number of carbonyl (C=O) groups is 2. The molecule has 1 unspecified atom stereocenters. The third-order valence-corrected chi connectivity index (χ3v) is 6.64. The second-order valence-corrected chi connectivity index (χ2v) is 8.66. The fraction of sp³-hybridized carbons (Fsp3) is 0.609. The number of nitrogens with zero attached hydrogens (tertiary/aromatic N) is 4. The molecule has 7 nitrogen and oxygen atoms in total. The molecule has 0 bridgehead atoms. The van der Waals surface area contributed by atoms with Crippen molar-refractivity contribution >= 4 is 23.2 Å². The normalized spacial score (nSPS) is 23.2. The Labute approximate surface area is 179 Å². The summed E-state index contributed by atoms with van der Waals surface area (Å²) < 4.78 is 0. The number of piperazine rings is 1. The topological polar surface area (TPSA) is 68.2 Å². The highest BCUT2D eigenvalue weighted by atomic mass is 16.2. The molecular weight excluding hydrogens is 378 g/mol. The van der Waals surface area contributed by atoms with Crippen molar-refractivity contribution in [2.45, 2.75) is 51.5 Å². The molecule has 2 saturated heterocycles. The Morgan fingerprint density at radius 3 is 2.67 bits per heavy atom. The van der Waals surface area contributed by atoms with E-state index in [1.165, 1.54) is 17.7 Å². The van der Waals surface area contributed by atoms with Gasteiger partial charge in [-0.25, -0.2) is 5.43 Å². The number of para-hydroxylation sites is 1. The van der Waals surface area contributed by atoms with Crippen LogP contribution in [0.15, 0.2) is 29.4 Å². The first-order valence-electron chi connectivity index (χ1n) is 11.3. The van der Waals surface area contributed by atoms with Gasteiger partial charge in [0.05, 0.1) is 0 Å². The molecular formula is C23H33N5O2. The number of hydrazone groups is 1. The average molecular weight is 412 g/mol. The molecule has 2 amide bonds. The highest BCUT2D eigenvalue weighted by Gasteiger charge is 2.30. The second kappa shape index (κ2) is 9.60. The van der Waals surface area contributed by atoms with Gasteiger partial charge in [-0.1, -0.05) is 18.2 Å². The molecule has 7 heteroatoms. The van der Waals surface area contributed by atoms with E-state index in [2.05, 4.69) is 51.5 Å². The molecule has 0 saturated carbocycles. The highest BCUT2D eigenvalue weighted by Crippen LogP contribution is 2.24. The molecule has 0 spiro atoms. The van der Waals surface area contributed by atoms with Crippen LogP contribution in [-0.2, 0) is 9.59 Å². The molecule has 0 radical (unpaired) electrons. The number of nitrogens with one attached hydrogen (secondary N) is 1. The molecule has 2 fully saturated rings. The number of likely N-dealkylation sites (tertiary alicyclic amines) is 1. The van der Waals surface area contributed by atoms with Gasteiger partial charge in [0.2, 0.25) is 11.8 Å². The summed E-state index contributed by atoms with van der Waals surface area (Å²) in [5.41, 5.74) is 6.13. The van der Waals surface area contributed by atoms with Crippen molar-refractivity contribution in [3.05, 3.63) is 29.8 Å². The van der Waals surface area contributed by atoms with E-state index in [-0.39, 0.29) is 11.8 Å². The van der Waals surface area contributed by atoms with Crippen LogP contribution in [0.5, 0.6) is 0 Å². The summed E-state index contributed by atoms with van der Waals surface area (Å²) in [6.07, 6.45) is 4.54. The zero-order valence-electron chi connectivity index (χ0n) is 18.0. The minimum Gasteiger partial charge on any atom is -0.369 e. The predicted octanol–water partition coefficient (Wildman–Crippen LogP) is 2.15. The maximum Gasteiger partial charge on any atom is 0.240 e. The number of benzene rings is 1. The van der Waals surface area contributed by atoms with Crippen LogP contribution < -0.4 is 10.3 Å². The highest BCUT2D eigenvalue weighted by molar-refractivity contribution is 5.94. The van der Waals surface area contributed by atoms with Gasteiger partial charge < -0.3 is 9.80 Å². The van der Waals surface area contributed by atoms with Crippen molar-refractivity contribution in [3.63, 3.8) is 0 Å². The van der Waals surface area contributed by atoms with Gasteiger partial charge in [-0.2, -0.15) is 5.10 Å². The van der Waals surface area contributed by atoms with Crippen LogP contribution in [0.25, 0.3) is 0 Å². The minimum atomic E-state index is -0.0357. The molecule has 162 valence electrons. The summed E-state index contributed by atoms with van der Waals surface area (Å²) in [4.78, 5) is 31.1. The van der Waals surface area contributed by atoms with Crippen molar-refractivity contribution < 1.29 is 9.59 Å². The molecule has 30 heavy (non-hydrogen) atoms. The lowest BCUT2D eigenvalue weighted by atomic mass is 10.0. The Kier molecular flexibility index (Phi) is 6.67. The van der Waals surface area contributed by atoms with Gasteiger partial charge in [-0.15, -0.1) is 0 Å². The van der Waals surface area contributed by atoms with Crippen LogP contribution in [0.4, 0.5) is 5.69 Å². The summed E-state index contributed by atoms with van der Waals surface area (Å²) >= 11 is 0. The number of anilines is 1.